The Bertz CT molecular complexity index is 451. The number of hydrogen-bond acceptors (Lipinski definition) is 3. The number of benzene rings is 1. The Balaban J connectivity index is 2.32. The molecule has 6 heteroatoms. The molecule has 0 fully saturated rings. The number of halogens is 1. The van der Waals surface area contributed by atoms with Crippen molar-refractivity contribution in [3.63, 3.8) is 0 Å². The monoisotopic (exact) mass is 284 g/mol. The average Bonchev–Trinajstić information content (AvgIpc) is 2.27. The predicted molar refractivity (Wildman–Crippen MR) is 74.4 cm³/mol. The Morgan fingerprint density at radius 3 is 2.79 bits per heavy atom. The van der Waals surface area contributed by atoms with Gasteiger partial charge in [0.05, 0.1) is 6.54 Å². The van der Waals surface area contributed by atoms with Gasteiger partial charge in [-0.15, -0.1) is 0 Å². The third-order valence-corrected chi connectivity index (χ3v) is 2.69. The maximum Gasteiger partial charge on any atom is 0.303 e. The number of carbonyl (C=O) groups is 2. The molecule has 0 aliphatic carbocycles. The van der Waals surface area contributed by atoms with E-state index in [4.69, 9.17) is 16.7 Å². The standard InChI is InChI=1S/C13H17ClN2O3/c1-16(7-3-6-13(18)19)9-12(17)15-11-5-2-4-10(14)8-11/h2,4-5,8H,3,6-7,9H2,1H3,(H,15,17)(H,18,19). The molecule has 1 rings (SSSR count). The first kappa shape index (κ1) is 15.5. The van der Waals surface area contributed by atoms with Crippen molar-refractivity contribution < 1.29 is 14.7 Å². The first-order chi connectivity index (χ1) is 8.97. The molecule has 0 aromatic heterocycles. The lowest BCUT2D eigenvalue weighted by Gasteiger charge is -2.15. The summed E-state index contributed by atoms with van der Waals surface area (Å²) in [7, 11) is 1.78. The number of amides is 1. The maximum atomic E-state index is 11.7. The number of rotatable bonds is 7. The summed E-state index contributed by atoms with van der Waals surface area (Å²) >= 11 is 5.81. The van der Waals surface area contributed by atoms with Gasteiger partial charge < -0.3 is 10.4 Å². The summed E-state index contributed by atoms with van der Waals surface area (Å²) in [5.74, 6) is -0.975. The van der Waals surface area contributed by atoms with Crippen LogP contribution in [0.1, 0.15) is 12.8 Å². The zero-order chi connectivity index (χ0) is 14.3. The summed E-state index contributed by atoms with van der Waals surface area (Å²) < 4.78 is 0. The van der Waals surface area contributed by atoms with Gasteiger partial charge in [0.15, 0.2) is 0 Å². The summed E-state index contributed by atoms with van der Waals surface area (Å²) in [5.41, 5.74) is 0.649. The number of carbonyl (C=O) groups excluding carboxylic acids is 1. The summed E-state index contributed by atoms with van der Waals surface area (Å²) in [6.45, 7) is 0.779. The van der Waals surface area contributed by atoms with E-state index in [1.807, 2.05) is 0 Å². The van der Waals surface area contributed by atoms with Crippen molar-refractivity contribution in [2.45, 2.75) is 12.8 Å². The molecule has 2 N–H and O–H groups in total. The molecule has 5 nitrogen and oxygen atoms in total. The number of hydrogen-bond donors (Lipinski definition) is 2. The van der Waals surface area contributed by atoms with Crippen LogP contribution in [0.15, 0.2) is 24.3 Å². The van der Waals surface area contributed by atoms with Gasteiger partial charge in [-0.1, -0.05) is 17.7 Å². The van der Waals surface area contributed by atoms with Crippen LogP contribution < -0.4 is 5.32 Å². The highest BCUT2D eigenvalue weighted by Crippen LogP contribution is 2.14. The van der Waals surface area contributed by atoms with Gasteiger partial charge in [-0.05, 0) is 38.2 Å². The number of anilines is 1. The topological polar surface area (TPSA) is 69.6 Å². The van der Waals surface area contributed by atoms with E-state index < -0.39 is 5.97 Å². The Morgan fingerprint density at radius 1 is 1.42 bits per heavy atom. The minimum Gasteiger partial charge on any atom is -0.481 e. The number of nitrogens with one attached hydrogen (secondary N) is 1. The zero-order valence-corrected chi connectivity index (χ0v) is 11.5. The largest absolute Gasteiger partial charge is 0.481 e. The van der Waals surface area contributed by atoms with Crippen molar-refractivity contribution in [2.75, 3.05) is 25.5 Å². The normalized spacial score (nSPS) is 10.5. The molecule has 0 atom stereocenters. The molecule has 0 saturated carbocycles. The predicted octanol–water partition coefficient (Wildman–Crippen LogP) is 2.08. The van der Waals surface area contributed by atoms with Crippen LogP contribution >= 0.6 is 11.6 Å². The Morgan fingerprint density at radius 2 is 2.16 bits per heavy atom. The van der Waals surface area contributed by atoms with Crippen LogP contribution in [0.4, 0.5) is 5.69 Å². The lowest BCUT2D eigenvalue weighted by molar-refractivity contribution is -0.137. The summed E-state index contributed by atoms with van der Waals surface area (Å²) in [6, 6.07) is 6.92. The first-order valence-corrected chi connectivity index (χ1v) is 6.31. The maximum absolute atomic E-state index is 11.7. The second-order valence-corrected chi connectivity index (χ2v) is 4.73. The van der Waals surface area contributed by atoms with Crippen molar-refractivity contribution in [2.24, 2.45) is 0 Å². The van der Waals surface area contributed by atoms with Crippen LogP contribution in [0.3, 0.4) is 0 Å². The van der Waals surface area contributed by atoms with Gasteiger partial charge in [0.1, 0.15) is 0 Å². The molecular formula is C13H17ClN2O3. The van der Waals surface area contributed by atoms with Crippen LogP contribution in [0.2, 0.25) is 5.02 Å². The third-order valence-electron chi connectivity index (χ3n) is 2.45. The number of carboxylic acid groups (broad SMARTS) is 1. The molecule has 19 heavy (non-hydrogen) atoms. The van der Waals surface area contributed by atoms with Crippen LogP contribution in [0.25, 0.3) is 0 Å². The van der Waals surface area contributed by atoms with E-state index in [1.54, 1.807) is 36.2 Å². The molecule has 104 valence electrons. The zero-order valence-electron chi connectivity index (χ0n) is 10.7. The summed E-state index contributed by atoms with van der Waals surface area (Å²) in [4.78, 5) is 23.9. The minimum absolute atomic E-state index is 0.111. The van der Waals surface area contributed by atoms with Crippen molar-refractivity contribution in [1.29, 1.82) is 0 Å². The highest BCUT2D eigenvalue weighted by Gasteiger charge is 2.07. The van der Waals surface area contributed by atoms with Gasteiger partial charge in [-0.3, -0.25) is 14.5 Å². The van der Waals surface area contributed by atoms with Gasteiger partial charge in [-0.25, -0.2) is 0 Å². The Labute approximate surface area is 117 Å². The number of carboxylic acids is 1. The Hall–Kier alpha value is -1.59. The highest BCUT2D eigenvalue weighted by atomic mass is 35.5. The second kappa shape index (κ2) is 7.76. The Kier molecular flexibility index (Phi) is 6.32. The molecule has 0 aliphatic rings. The lowest BCUT2D eigenvalue weighted by atomic mass is 10.3. The summed E-state index contributed by atoms with van der Waals surface area (Å²) in [6.07, 6.45) is 0.635. The van der Waals surface area contributed by atoms with E-state index in [0.29, 0.717) is 23.7 Å². The van der Waals surface area contributed by atoms with Gasteiger partial charge in [0.2, 0.25) is 5.91 Å². The van der Waals surface area contributed by atoms with E-state index in [9.17, 15) is 9.59 Å². The minimum atomic E-state index is -0.822. The quantitative estimate of drug-likeness (QED) is 0.804. The molecule has 0 radical (unpaired) electrons. The molecule has 0 aliphatic heterocycles. The molecule has 1 aromatic rings. The van der Waals surface area contributed by atoms with Gasteiger partial charge in [-0.2, -0.15) is 0 Å². The van der Waals surface area contributed by atoms with Crippen molar-refractivity contribution >= 4 is 29.2 Å². The van der Waals surface area contributed by atoms with E-state index >= 15 is 0 Å². The fraction of sp³-hybridized carbons (Fsp3) is 0.385. The van der Waals surface area contributed by atoms with Crippen molar-refractivity contribution in [1.82, 2.24) is 4.90 Å². The highest BCUT2D eigenvalue weighted by molar-refractivity contribution is 6.30. The van der Waals surface area contributed by atoms with E-state index in [-0.39, 0.29) is 18.9 Å². The van der Waals surface area contributed by atoms with Gasteiger partial charge >= 0.3 is 5.97 Å². The SMILES string of the molecule is CN(CCCC(=O)O)CC(=O)Nc1cccc(Cl)c1. The number of nitrogens with zero attached hydrogens (tertiary/aromatic N) is 1. The van der Waals surface area contributed by atoms with Crippen LogP contribution in [0, 0.1) is 0 Å². The van der Waals surface area contributed by atoms with Crippen molar-refractivity contribution in [3.8, 4) is 0 Å². The first-order valence-electron chi connectivity index (χ1n) is 5.93. The van der Waals surface area contributed by atoms with Crippen LogP contribution in [0.5, 0.6) is 0 Å². The van der Waals surface area contributed by atoms with E-state index in [0.717, 1.165) is 0 Å². The molecule has 1 aromatic carbocycles. The second-order valence-electron chi connectivity index (χ2n) is 4.29. The van der Waals surface area contributed by atoms with Crippen molar-refractivity contribution in [3.05, 3.63) is 29.3 Å². The average molecular weight is 285 g/mol. The number of aliphatic carboxylic acids is 1. The number of likely N-dealkylation sites (N-methyl/N-ethyl adjacent to an activating group) is 1. The smallest absolute Gasteiger partial charge is 0.303 e. The third kappa shape index (κ3) is 6.79. The van der Waals surface area contributed by atoms with Gasteiger partial charge in [0.25, 0.3) is 0 Å². The van der Waals surface area contributed by atoms with Crippen LogP contribution in [-0.2, 0) is 9.59 Å². The molecule has 0 spiro atoms. The van der Waals surface area contributed by atoms with E-state index in [1.165, 1.54) is 0 Å². The molecule has 0 saturated heterocycles. The molecule has 1 amide bonds. The summed E-state index contributed by atoms with van der Waals surface area (Å²) in [5, 5.41) is 11.8. The van der Waals surface area contributed by atoms with E-state index in [2.05, 4.69) is 5.32 Å². The van der Waals surface area contributed by atoms with Crippen LogP contribution in [-0.4, -0.2) is 42.0 Å². The molecular weight excluding hydrogens is 268 g/mol. The molecule has 0 unspecified atom stereocenters. The molecule has 0 bridgehead atoms. The fourth-order valence-corrected chi connectivity index (χ4v) is 1.78. The van der Waals surface area contributed by atoms with Gasteiger partial charge in [0, 0.05) is 17.1 Å². The lowest BCUT2D eigenvalue weighted by Crippen LogP contribution is -2.31. The fourth-order valence-electron chi connectivity index (χ4n) is 1.59. The molecule has 0 heterocycles.